The molecule has 1 heterocycles. The molecule has 0 saturated carbocycles. The third-order valence-corrected chi connectivity index (χ3v) is 3.10. The van der Waals surface area contributed by atoms with E-state index in [1.54, 1.807) is 0 Å². The molecule has 1 rings (SSSR count). The highest BCUT2D eigenvalue weighted by Gasteiger charge is 2.33. The molecule has 0 amide bonds. The summed E-state index contributed by atoms with van der Waals surface area (Å²) in [5.74, 6) is -0.586. The van der Waals surface area contributed by atoms with Crippen LogP contribution in [0.2, 0.25) is 0 Å². The van der Waals surface area contributed by atoms with Gasteiger partial charge in [-0.1, -0.05) is 15.9 Å². The van der Waals surface area contributed by atoms with Crippen molar-refractivity contribution in [2.45, 2.75) is 11.7 Å². The van der Waals surface area contributed by atoms with Crippen LogP contribution >= 0.6 is 38.5 Å². The van der Waals surface area contributed by atoms with Crippen molar-refractivity contribution < 1.29 is 22.7 Å². The van der Waals surface area contributed by atoms with Gasteiger partial charge in [0.2, 0.25) is 0 Å². The maximum Gasteiger partial charge on any atom is 0.573 e. The molecule has 1 aromatic heterocycles. The SMILES string of the molecule is O=Cc1c(OC(F)(F)F)cnc(I)c1CBr. The fourth-order valence-corrected chi connectivity index (χ4v) is 2.70. The number of aldehydes is 1. The number of alkyl halides is 4. The molecule has 1 aromatic rings. The molecule has 0 aromatic carbocycles. The lowest BCUT2D eigenvalue weighted by molar-refractivity contribution is -0.274. The maximum atomic E-state index is 12.0. The maximum absolute atomic E-state index is 12.0. The van der Waals surface area contributed by atoms with Crippen LogP contribution in [0, 0.1) is 3.70 Å². The van der Waals surface area contributed by atoms with Crippen LogP contribution in [0.5, 0.6) is 5.75 Å². The summed E-state index contributed by atoms with van der Waals surface area (Å²) in [6.07, 6.45) is -3.64. The summed E-state index contributed by atoms with van der Waals surface area (Å²) in [6, 6.07) is 0. The van der Waals surface area contributed by atoms with Crippen LogP contribution in [0.15, 0.2) is 6.20 Å². The highest BCUT2D eigenvalue weighted by molar-refractivity contribution is 14.1. The largest absolute Gasteiger partial charge is 0.573 e. The number of halogens is 5. The smallest absolute Gasteiger partial charge is 0.403 e. The predicted octanol–water partition coefficient (Wildman–Crippen LogP) is 3.29. The average molecular weight is 410 g/mol. The van der Waals surface area contributed by atoms with Gasteiger partial charge < -0.3 is 4.74 Å². The second kappa shape index (κ2) is 5.30. The first kappa shape index (κ1) is 13.7. The second-order valence-electron chi connectivity index (χ2n) is 2.60. The van der Waals surface area contributed by atoms with Gasteiger partial charge in [0.15, 0.2) is 12.0 Å². The molecule has 0 N–H and O–H groups in total. The first-order valence-corrected chi connectivity index (χ1v) is 6.03. The number of carbonyl (C=O) groups excluding carboxylic acids is 1. The summed E-state index contributed by atoms with van der Waals surface area (Å²) in [5, 5.41) is 0.224. The summed E-state index contributed by atoms with van der Waals surface area (Å²) in [5.41, 5.74) is 0.228. The number of rotatable bonds is 3. The Morgan fingerprint density at radius 3 is 2.62 bits per heavy atom. The molecular formula is C8H4BrF3INO2. The monoisotopic (exact) mass is 409 g/mol. The van der Waals surface area contributed by atoms with E-state index < -0.39 is 12.1 Å². The van der Waals surface area contributed by atoms with Crippen molar-refractivity contribution in [3.63, 3.8) is 0 Å². The van der Waals surface area contributed by atoms with Crippen molar-refractivity contribution in [2.24, 2.45) is 0 Å². The molecule has 8 heteroatoms. The lowest BCUT2D eigenvalue weighted by Crippen LogP contribution is -2.19. The lowest BCUT2D eigenvalue weighted by atomic mass is 10.2. The number of hydrogen-bond acceptors (Lipinski definition) is 3. The molecule has 0 aliphatic rings. The molecule has 88 valence electrons. The molecule has 0 bridgehead atoms. The predicted molar refractivity (Wildman–Crippen MR) is 61.7 cm³/mol. The van der Waals surface area contributed by atoms with Crippen LogP contribution in [0.4, 0.5) is 13.2 Å². The number of nitrogens with zero attached hydrogens (tertiary/aromatic N) is 1. The van der Waals surface area contributed by atoms with E-state index in [9.17, 15) is 18.0 Å². The highest BCUT2D eigenvalue weighted by atomic mass is 127. The van der Waals surface area contributed by atoms with Crippen molar-refractivity contribution in [2.75, 3.05) is 0 Å². The van der Waals surface area contributed by atoms with Crippen LogP contribution in [0.1, 0.15) is 15.9 Å². The average Bonchev–Trinajstić information content (AvgIpc) is 2.18. The zero-order chi connectivity index (χ0) is 12.3. The van der Waals surface area contributed by atoms with E-state index in [0.717, 1.165) is 6.20 Å². The molecule has 0 atom stereocenters. The van der Waals surface area contributed by atoms with E-state index in [0.29, 0.717) is 15.6 Å². The van der Waals surface area contributed by atoms with Crippen molar-refractivity contribution in [1.82, 2.24) is 4.98 Å². The zero-order valence-corrected chi connectivity index (χ0v) is 11.3. The zero-order valence-electron chi connectivity index (χ0n) is 7.52. The molecule has 0 spiro atoms. The van der Waals surface area contributed by atoms with Gasteiger partial charge >= 0.3 is 6.36 Å². The molecular weight excluding hydrogens is 406 g/mol. The molecule has 3 nitrogen and oxygen atoms in total. The van der Waals surface area contributed by atoms with E-state index in [2.05, 4.69) is 25.7 Å². The first-order chi connectivity index (χ1) is 7.39. The first-order valence-electron chi connectivity index (χ1n) is 3.83. The summed E-state index contributed by atoms with van der Waals surface area (Å²) < 4.78 is 40.2. The Labute approximate surface area is 111 Å². The van der Waals surface area contributed by atoms with Gasteiger partial charge in [-0.05, 0) is 22.6 Å². The van der Waals surface area contributed by atoms with Crippen molar-refractivity contribution in [1.29, 1.82) is 0 Å². The Kier molecular flexibility index (Phi) is 4.53. The van der Waals surface area contributed by atoms with E-state index >= 15 is 0 Å². The van der Waals surface area contributed by atoms with Crippen molar-refractivity contribution in [3.05, 3.63) is 21.0 Å². The number of hydrogen-bond donors (Lipinski definition) is 0. The van der Waals surface area contributed by atoms with Crippen LogP contribution in [-0.4, -0.2) is 17.6 Å². The number of carbonyl (C=O) groups is 1. The van der Waals surface area contributed by atoms with E-state index in [1.807, 2.05) is 22.6 Å². The van der Waals surface area contributed by atoms with Crippen LogP contribution in [0.25, 0.3) is 0 Å². The van der Waals surface area contributed by atoms with E-state index in [1.165, 1.54) is 0 Å². The van der Waals surface area contributed by atoms with Gasteiger partial charge in [-0.2, -0.15) is 0 Å². The fraction of sp³-hybridized carbons (Fsp3) is 0.250. The van der Waals surface area contributed by atoms with Gasteiger partial charge in [0.1, 0.15) is 3.70 Å². The van der Waals surface area contributed by atoms with Gasteiger partial charge in [0.25, 0.3) is 0 Å². The quantitative estimate of drug-likeness (QED) is 0.333. The highest BCUT2D eigenvalue weighted by Crippen LogP contribution is 2.29. The number of ether oxygens (including phenoxy) is 1. The molecule has 0 aliphatic heterocycles. The van der Waals surface area contributed by atoms with Gasteiger partial charge in [-0.25, -0.2) is 4.98 Å². The van der Waals surface area contributed by atoms with Crippen LogP contribution in [0.3, 0.4) is 0 Å². The number of aromatic nitrogens is 1. The minimum atomic E-state index is -4.84. The van der Waals surface area contributed by atoms with Gasteiger partial charge in [0, 0.05) is 10.9 Å². The number of pyridine rings is 1. The second-order valence-corrected chi connectivity index (χ2v) is 4.19. The third-order valence-electron chi connectivity index (χ3n) is 1.61. The van der Waals surface area contributed by atoms with Crippen molar-refractivity contribution in [3.8, 4) is 5.75 Å². The summed E-state index contributed by atoms with van der Waals surface area (Å²) in [6.45, 7) is 0. The van der Waals surface area contributed by atoms with E-state index in [4.69, 9.17) is 0 Å². The molecule has 0 aliphatic carbocycles. The van der Waals surface area contributed by atoms with E-state index in [-0.39, 0.29) is 10.9 Å². The molecule has 0 unspecified atom stereocenters. The Morgan fingerprint density at radius 1 is 1.56 bits per heavy atom. The Balaban J connectivity index is 3.25. The Hall–Kier alpha value is -0.380. The minimum Gasteiger partial charge on any atom is -0.403 e. The van der Waals surface area contributed by atoms with Crippen LogP contribution < -0.4 is 4.74 Å². The summed E-state index contributed by atoms with van der Waals surface area (Å²) in [7, 11) is 0. The van der Waals surface area contributed by atoms with Crippen molar-refractivity contribution >= 4 is 44.8 Å². The summed E-state index contributed by atoms with van der Waals surface area (Å²) in [4.78, 5) is 14.5. The minimum absolute atomic E-state index is 0.145. The van der Waals surface area contributed by atoms with Gasteiger partial charge in [-0.3, -0.25) is 4.79 Å². The third kappa shape index (κ3) is 3.30. The molecule has 16 heavy (non-hydrogen) atoms. The van der Waals surface area contributed by atoms with Gasteiger partial charge in [-0.15, -0.1) is 13.2 Å². The molecule has 0 saturated heterocycles. The Bertz CT molecular complexity index is 411. The Morgan fingerprint density at radius 2 is 2.19 bits per heavy atom. The van der Waals surface area contributed by atoms with Crippen LogP contribution in [-0.2, 0) is 5.33 Å². The standard InChI is InChI=1S/C8H4BrF3INO2/c9-1-4-5(3-15)6(2-14-7(4)13)16-8(10,11)12/h2-3H,1H2. The van der Waals surface area contributed by atoms with Gasteiger partial charge in [0.05, 0.1) is 11.8 Å². The molecule has 0 radical (unpaired) electrons. The normalized spacial score (nSPS) is 11.3. The fourth-order valence-electron chi connectivity index (χ4n) is 0.985. The molecule has 0 fully saturated rings. The lowest BCUT2D eigenvalue weighted by Gasteiger charge is -2.12. The summed E-state index contributed by atoms with van der Waals surface area (Å²) >= 11 is 4.90. The topological polar surface area (TPSA) is 39.2 Å².